The number of hydrogen-bond donors (Lipinski definition) is 1. The van der Waals surface area contributed by atoms with Crippen molar-refractivity contribution in [2.24, 2.45) is 0 Å². The van der Waals surface area contributed by atoms with Gasteiger partial charge in [0.05, 0.1) is 23.4 Å². The molecule has 2 aliphatic rings. The number of aromatic nitrogens is 1. The summed E-state index contributed by atoms with van der Waals surface area (Å²) in [4.78, 5) is 6.43. The second kappa shape index (κ2) is 5.04. The van der Waals surface area contributed by atoms with Gasteiger partial charge in [0, 0.05) is 17.4 Å². The second-order valence-corrected chi connectivity index (χ2v) is 6.04. The van der Waals surface area contributed by atoms with Crippen LogP contribution >= 0.6 is 11.3 Å². The van der Waals surface area contributed by atoms with Crippen LogP contribution in [-0.4, -0.2) is 24.7 Å². The first-order valence-electron chi connectivity index (χ1n) is 6.69. The van der Waals surface area contributed by atoms with Crippen molar-refractivity contribution < 1.29 is 4.74 Å². The molecule has 1 aliphatic heterocycles. The van der Waals surface area contributed by atoms with Crippen molar-refractivity contribution in [3.8, 4) is 0 Å². The van der Waals surface area contributed by atoms with Crippen LogP contribution in [0.4, 0.5) is 0 Å². The normalized spacial score (nSPS) is 28.3. The molecule has 3 rings (SSSR count). The van der Waals surface area contributed by atoms with Gasteiger partial charge in [0.2, 0.25) is 0 Å². The summed E-state index contributed by atoms with van der Waals surface area (Å²) in [6.45, 7) is 4.99. The number of nitrogens with zero attached hydrogens (tertiary/aromatic N) is 1. The lowest BCUT2D eigenvalue weighted by Gasteiger charge is -2.21. The molecule has 1 aromatic rings. The first kappa shape index (κ1) is 11.6. The average Bonchev–Trinajstić information content (AvgIpc) is 2.98. The zero-order valence-corrected chi connectivity index (χ0v) is 11.2. The number of thiazole rings is 1. The lowest BCUT2D eigenvalue weighted by Crippen LogP contribution is -2.24. The van der Waals surface area contributed by atoms with Crippen LogP contribution in [0.3, 0.4) is 0 Å². The van der Waals surface area contributed by atoms with Crippen LogP contribution in [0.2, 0.25) is 0 Å². The predicted molar refractivity (Wildman–Crippen MR) is 69.6 cm³/mol. The minimum Gasteiger partial charge on any atom is -0.381 e. The van der Waals surface area contributed by atoms with Gasteiger partial charge in [0.25, 0.3) is 0 Å². The van der Waals surface area contributed by atoms with Crippen LogP contribution in [0.15, 0.2) is 0 Å². The Labute approximate surface area is 107 Å². The third-order valence-corrected chi connectivity index (χ3v) is 4.99. The smallest absolute Gasteiger partial charge is 0.0986 e. The molecule has 0 radical (unpaired) electrons. The maximum absolute atomic E-state index is 5.47. The van der Waals surface area contributed by atoms with E-state index in [1.54, 1.807) is 0 Å². The van der Waals surface area contributed by atoms with Crippen LogP contribution in [0, 0.1) is 0 Å². The van der Waals surface area contributed by atoms with E-state index in [4.69, 9.17) is 9.72 Å². The second-order valence-electron chi connectivity index (χ2n) is 4.92. The van der Waals surface area contributed by atoms with Crippen molar-refractivity contribution in [3.05, 3.63) is 15.6 Å². The van der Waals surface area contributed by atoms with E-state index in [1.165, 1.54) is 34.8 Å². The molecule has 94 valence electrons. The Morgan fingerprint density at radius 2 is 2.41 bits per heavy atom. The van der Waals surface area contributed by atoms with Crippen LogP contribution in [0.5, 0.6) is 0 Å². The van der Waals surface area contributed by atoms with Gasteiger partial charge < -0.3 is 10.1 Å². The summed E-state index contributed by atoms with van der Waals surface area (Å²) in [6, 6.07) is 0.496. The number of hydrogen-bond acceptors (Lipinski definition) is 4. The van der Waals surface area contributed by atoms with E-state index in [9.17, 15) is 0 Å². The molecule has 17 heavy (non-hydrogen) atoms. The van der Waals surface area contributed by atoms with E-state index in [-0.39, 0.29) is 0 Å². The number of fused-ring (bicyclic) bond motifs is 1. The fourth-order valence-corrected chi connectivity index (χ4v) is 4.07. The largest absolute Gasteiger partial charge is 0.381 e. The van der Waals surface area contributed by atoms with Gasteiger partial charge in [-0.05, 0) is 32.2 Å². The van der Waals surface area contributed by atoms with Gasteiger partial charge in [-0.2, -0.15) is 0 Å². The van der Waals surface area contributed by atoms with Crippen LogP contribution in [0.25, 0.3) is 0 Å². The molecule has 2 atom stereocenters. The monoisotopic (exact) mass is 252 g/mol. The van der Waals surface area contributed by atoms with E-state index in [1.807, 2.05) is 11.3 Å². The molecule has 0 saturated carbocycles. The summed E-state index contributed by atoms with van der Waals surface area (Å²) in [5.74, 6) is 0.563. The highest BCUT2D eigenvalue weighted by molar-refractivity contribution is 7.11. The number of nitrogens with one attached hydrogen (secondary N) is 1. The fourth-order valence-electron chi connectivity index (χ4n) is 2.79. The molecule has 1 aliphatic carbocycles. The zero-order valence-electron chi connectivity index (χ0n) is 10.4. The molecule has 2 unspecified atom stereocenters. The minimum atomic E-state index is 0.496. The van der Waals surface area contributed by atoms with E-state index in [2.05, 4.69) is 12.2 Å². The number of ether oxygens (including phenoxy) is 1. The standard InChI is InChI=1S/C13H20N2OS/c1-2-14-10-4-3-5-11-12(10)15-13(17-11)9-6-7-16-8-9/h9-10,14H,2-8H2,1H3. The molecule has 4 heteroatoms. The lowest BCUT2D eigenvalue weighted by molar-refractivity contribution is 0.194. The molecule has 0 spiro atoms. The Morgan fingerprint density at radius 3 is 3.18 bits per heavy atom. The van der Waals surface area contributed by atoms with Gasteiger partial charge in [-0.1, -0.05) is 6.92 Å². The van der Waals surface area contributed by atoms with Crippen molar-refractivity contribution in [1.82, 2.24) is 10.3 Å². The third-order valence-electron chi connectivity index (χ3n) is 3.70. The highest BCUT2D eigenvalue weighted by atomic mass is 32.1. The average molecular weight is 252 g/mol. The Bertz CT molecular complexity index is 385. The van der Waals surface area contributed by atoms with Gasteiger partial charge in [-0.15, -0.1) is 11.3 Å². The van der Waals surface area contributed by atoms with Gasteiger partial charge in [-0.25, -0.2) is 4.98 Å². The molecular formula is C13H20N2OS. The molecule has 0 bridgehead atoms. The summed E-state index contributed by atoms with van der Waals surface area (Å²) in [7, 11) is 0. The predicted octanol–water partition coefficient (Wildman–Crippen LogP) is 2.63. The van der Waals surface area contributed by atoms with E-state index >= 15 is 0 Å². The lowest BCUT2D eigenvalue weighted by atomic mass is 9.97. The quantitative estimate of drug-likeness (QED) is 0.898. The van der Waals surface area contributed by atoms with Crippen molar-refractivity contribution in [1.29, 1.82) is 0 Å². The first-order valence-corrected chi connectivity index (χ1v) is 7.50. The topological polar surface area (TPSA) is 34.1 Å². The van der Waals surface area contributed by atoms with Gasteiger partial charge in [-0.3, -0.25) is 0 Å². The highest BCUT2D eigenvalue weighted by Crippen LogP contribution is 2.37. The summed E-state index contributed by atoms with van der Waals surface area (Å²) < 4.78 is 5.47. The maximum atomic E-state index is 5.47. The SMILES string of the molecule is CCNC1CCCc2sc(C3CCOC3)nc21. The summed E-state index contributed by atoms with van der Waals surface area (Å²) >= 11 is 1.93. The van der Waals surface area contributed by atoms with E-state index in [0.717, 1.165) is 26.2 Å². The minimum absolute atomic E-state index is 0.496. The molecule has 1 fully saturated rings. The summed E-state index contributed by atoms with van der Waals surface area (Å²) in [5, 5.41) is 4.87. The van der Waals surface area contributed by atoms with Crippen molar-refractivity contribution in [2.45, 2.75) is 44.6 Å². The van der Waals surface area contributed by atoms with Gasteiger partial charge in [0.15, 0.2) is 0 Å². The summed E-state index contributed by atoms with van der Waals surface area (Å²) in [5.41, 5.74) is 1.34. The van der Waals surface area contributed by atoms with Crippen molar-refractivity contribution in [3.63, 3.8) is 0 Å². The highest BCUT2D eigenvalue weighted by Gasteiger charge is 2.28. The molecule has 0 aromatic carbocycles. The Kier molecular flexibility index (Phi) is 3.45. The Balaban J connectivity index is 1.84. The Morgan fingerprint density at radius 1 is 1.47 bits per heavy atom. The maximum Gasteiger partial charge on any atom is 0.0986 e. The van der Waals surface area contributed by atoms with E-state index < -0.39 is 0 Å². The number of rotatable bonds is 3. The van der Waals surface area contributed by atoms with Crippen molar-refractivity contribution >= 4 is 11.3 Å². The third kappa shape index (κ3) is 2.26. The van der Waals surface area contributed by atoms with Crippen molar-refractivity contribution in [2.75, 3.05) is 19.8 Å². The van der Waals surface area contributed by atoms with Crippen LogP contribution in [-0.2, 0) is 11.2 Å². The van der Waals surface area contributed by atoms with E-state index in [0.29, 0.717) is 12.0 Å². The molecule has 1 N–H and O–H groups in total. The fraction of sp³-hybridized carbons (Fsp3) is 0.769. The molecule has 0 amide bonds. The molecule has 2 heterocycles. The zero-order chi connectivity index (χ0) is 11.7. The first-order chi connectivity index (χ1) is 8.38. The summed E-state index contributed by atoms with van der Waals surface area (Å²) in [6.07, 6.45) is 4.92. The van der Waals surface area contributed by atoms with Gasteiger partial charge >= 0.3 is 0 Å². The van der Waals surface area contributed by atoms with Crippen LogP contribution < -0.4 is 5.32 Å². The molecular weight excluding hydrogens is 232 g/mol. The van der Waals surface area contributed by atoms with Crippen LogP contribution in [0.1, 0.15) is 53.7 Å². The molecule has 3 nitrogen and oxygen atoms in total. The molecule has 1 saturated heterocycles. The number of aryl methyl sites for hydroxylation is 1. The Hall–Kier alpha value is -0.450. The van der Waals surface area contributed by atoms with Gasteiger partial charge in [0.1, 0.15) is 0 Å². The molecule has 1 aromatic heterocycles.